The monoisotopic (exact) mass is 396 g/mol. The van der Waals surface area contributed by atoms with Crippen LogP contribution in [0.15, 0.2) is 61.2 Å². The van der Waals surface area contributed by atoms with Crippen LogP contribution in [0, 0.1) is 0 Å². The van der Waals surface area contributed by atoms with Gasteiger partial charge in [0.1, 0.15) is 4.21 Å². The zero-order valence-electron chi connectivity index (χ0n) is 12.3. The molecular formula is C15H12N2O3S4. The fourth-order valence-corrected chi connectivity index (χ4v) is 5.81. The minimum absolute atomic E-state index is 0.149. The van der Waals surface area contributed by atoms with E-state index in [1.165, 1.54) is 22.3 Å². The normalized spacial score (nSPS) is 18.7. The highest BCUT2D eigenvalue weighted by Gasteiger charge is 2.34. The Hall–Kier alpha value is -1.68. The van der Waals surface area contributed by atoms with Gasteiger partial charge in [-0.2, -0.15) is 8.42 Å². The molecule has 0 bridgehead atoms. The zero-order valence-corrected chi connectivity index (χ0v) is 15.6. The van der Waals surface area contributed by atoms with Crippen molar-refractivity contribution in [2.24, 2.45) is 4.40 Å². The Bertz CT molecular complexity index is 910. The Labute approximate surface area is 152 Å². The highest BCUT2D eigenvalue weighted by molar-refractivity contribution is 8.19. The third-order valence-corrected chi connectivity index (χ3v) is 7.55. The molecule has 0 atom stereocenters. The molecule has 2 aromatic heterocycles. The van der Waals surface area contributed by atoms with Crippen molar-refractivity contribution < 1.29 is 13.2 Å². The van der Waals surface area contributed by atoms with Crippen LogP contribution in [-0.2, 0) is 14.8 Å². The molecular weight excluding hydrogens is 384 g/mol. The largest absolute Gasteiger partial charge is 0.294 e. The van der Waals surface area contributed by atoms with Crippen LogP contribution in [0.3, 0.4) is 0 Å². The molecule has 1 aliphatic heterocycles. The molecule has 2 aromatic rings. The lowest BCUT2D eigenvalue weighted by Gasteiger charge is -2.12. The van der Waals surface area contributed by atoms with Gasteiger partial charge in [0.05, 0.1) is 4.91 Å². The van der Waals surface area contributed by atoms with Crippen molar-refractivity contribution in [2.45, 2.75) is 4.21 Å². The van der Waals surface area contributed by atoms with Gasteiger partial charge in [0.25, 0.3) is 15.9 Å². The number of thiophene rings is 2. The molecule has 0 spiro atoms. The van der Waals surface area contributed by atoms with Crippen molar-refractivity contribution in [1.29, 1.82) is 0 Å². The minimum Gasteiger partial charge on any atom is -0.282 e. The summed E-state index contributed by atoms with van der Waals surface area (Å²) in [4.78, 5) is 15.2. The highest BCUT2D eigenvalue weighted by atomic mass is 32.2. The Kier molecular flexibility index (Phi) is 5.04. The molecule has 1 aliphatic rings. The SMILES string of the molecule is C=CCN1C(=O)/C(=C/c2cccs2)S/C1=N/S(=O)(=O)c1cccs1. The van der Waals surface area contributed by atoms with Crippen LogP contribution in [0.5, 0.6) is 0 Å². The van der Waals surface area contributed by atoms with E-state index >= 15 is 0 Å². The van der Waals surface area contributed by atoms with E-state index in [9.17, 15) is 13.2 Å². The molecule has 3 rings (SSSR count). The van der Waals surface area contributed by atoms with E-state index < -0.39 is 10.0 Å². The number of nitrogens with zero attached hydrogens (tertiary/aromatic N) is 2. The highest BCUT2D eigenvalue weighted by Crippen LogP contribution is 2.34. The molecule has 5 nitrogen and oxygen atoms in total. The molecule has 124 valence electrons. The summed E-state index contributed by atoms with van der Waals surface area (Å²) in [5.41, 5.74) is 0. The fourth-order valence-electron chi connectivity index (χ4n) is 1.93. The molecule has 24 heavy (non-hydrogen) atoms. The summed E-state index contributed by atoms with van der Waals surface area (Å²) in [6.45, 7) is 3.82. The molecule has 0 N–H and O–H groups in total. The fraction of sp³-hybridized carbons (Fsp3) is 0.0667. The molecule has 3 heterocycles. The van der Waals surface area contributed by atoms with Gasteiger partial charge in [-0.25, -0.2) is 0 Å². The van der Waals surface area contributed by atoms with E-state index in [0.29, 0.717) is 4.91 Å². The van der Waals surface area contributed by atoms with Crippen LogP contribution in [0.2, 0.25) is 0 Å². The summed E-state index contributed by atoms with van der Waals surface area (Å²) >= 11 is 3.66. The second-order valence-electron chi connectivity index (χ2n) is 4.61. The predicted molar refractivity (Wildman–Crippen MR) is 101 cm³/mol. The summed E-state index contributed by atoms with van der Waals surface area (Å²) < 4.78 is 28.7. The predicted octanol–water partition coefficient (Wildman–Crippen LogP) is 3.66. The maximum atomic E-state index is 12.5. The molecule has 0 unspecified atom stereocenters. The van der Waals surface area contributed by atoms with E-state index in [-0.39, 0.29) is 21.8 Å². The Balaban J connectivity index is 1.98. The second-order valence-corrected chi connectivity index (χ2v) is 9.38. The van der Waals surface area contributed by atoms with Crippen LogP contribution >= 0.6 is 34.4 Å². The number of hydrogen-bond acceptors (Lipinski definition) is 6. The van der Waals surface area contributed by atoms with E-state index in [1.807, 2.05) is 17.5 Å². The third kappa shape index (κ3) is 3.54. The van der Waals surface area contributed by atoms with Gasteiger partial charge in [0.2, 0.25) is 0 Å². The Morgan fingerprint density at radius 1 is 1.21 bits per heavy atom. The number of carbonyl (C=O) groups excluding carboxylic acids is 1. The van der Waals surface area contributed by atoms with Gasteiger partial charge in [0.15, 0.2) is 5.17 Å². The van der Waals surface area contributed by atoms with E-state index in [4.69, 9.17) is 0 Å². The first-order valence-electron chi connectivity index (χ1n) is 6.75. The van der Waals surface area contributed by atoms with Gasteiger partial charge in [-0.3, -0.25) is 9.69 Å². The lowest BCUT2D eigenvalue weighted by Crippen LogP contribution is -2.29. The molecule has 1 saturated heterocycles. The topological polar surface area (TPSA) is 66.8 Å². The summed E-state index contributed by atoms with van der Waals surface area (Å²) in [6.07, 6.45) is 3.29. The van der Waals surface area contributed by atoms with E-state index in [0.717, 1.165) is 28.0 Å². The number of amidine groups is 1. The molecule has 1 fully saturated rings. The van der Waals surface area contributed by atoms with E-state index in [2.05, 4.69) is 11.0 Å². The third-order valence-electron chi connectivity index (χ3n) is 2.96. The van der Waals surface area contributed by atoms with Gasteiger partial charge < -0.3 is 0 Å². The summed E-state index contributed by atoms with van der Waals surface area (Å²) in [6, 6.07) is 6.92. The summed E-state index contributed by atoms with van der Waals surface area (Å²) in [5, 5.41) is 3.73. The first-order valence-corrected chi connectivity index (χ1v) is 10.8. The van der Waals surface area contributed by atoms with Crippen LogP contribution in [0.1, 0.15) is 4.88 Å². The second kappa shape index (κ2) is 7.06. The van der Waals surface area contributed by atoms with Gasteiger partial charge in [-0.1, -0.05) is 18.2 Å². The molecule has 0 radical (unpaired) electrons. The van der Waals surface area contributed by atoms with Crippen molar-refractivity contribution >= 4 is 61.6 Å². The number of carbonyl (C=O) groups is 1. The van der Waals surface area contributed by atoms with E-state index in [1.54, 1.807) is 23.6 Å². The van der Waals surface area contributed by atoms with Gasteiger partial charge >= 0.3 is 0 Å². The maximum Gasteiger partial charge on any atom is 0.294 e. The van der Waals surface area contributed by atoms with Gasteiger partial charge in [0, 0.05) is 11.4 Å². The van der Waals surface area contributed by atoms with Crippen molar-refractivity contribution in [1.82, 2.24) is 4.90 Å². The number of sulfonamides is 1. The van der Waals surface area contributed by atoms with Crippen molar-refractivity contribution in [3.63, 3.8) is 0 Å². The smallest absolute Gasteiger partial charge is 0.282 e. The molecule has 9 heteroatoms. The Morgan fingerprint density at radius 2 is 1.96 bits per heavy atom. The lowest BCUT2D eigenvalue weighted by molar-refractivity contribution is -0.121. The average molecular weight is 397 g/mol. The maximum absolute atomic E-state index is 12.5. The quantitative estimate of drug-likeness (QED) is 0.571. The standard InChI is InChI=1S/C15H12N2O3S4/c1-2-7-17-14(18)12(10-11-5-3-8-21-11)23-15(17)16-24(19,20)13-6-4-9-22-13/h2-6,8-10H,1,7H2/b12-10-,16-15+. The van der Waals surface area contributed by atoms with Crippen LogP contribution in [0.25, 0.3) is 6.08 Å². The Morgan fingerprint density at radius 3 is 2.58 bits per heavy atom. The number of hydrogen-bond donors (Lipinski definition) is 0. The van der Waals surface area contributed by atoms with Crippen LogP contribution in [0.4, 0.5) is 0 Å². The van der Waals surface area contributed by atoms with Gasteiger partial charge in [-0.05, 0) is 40.7 Å². The zero-order chi connectivity index (χ0) is 17.2. The van der Waals surface area contributed by atoms with Crippen molar-refractivity contribution in [3.8, 4) is 0 Å². The van der Waals surface area contributed by atoms with Crippen molar-refractivity contribution in [3.05, 3.63) is 57.5 Å². The number of rotatable bonds is 5. The van der Waals surface area contributed by atoms with Gasteiger partial charge in [-0.15, -0.1) is 33.7 Å². The first kappa shape index (κ1) is 17.2. The molecule has 0 saturated carbocycles. The first-order chi connectivity index (χ1) is 11.5. The average Bonchev–Trinajstić information content (AvgIpc) is 3.26. The molecule has 0 aromatic carbocycles. The number of thioether (sulfide) groups is 1. The van der Waals surface area contributed by atoms with Crippen LogP contribution in [-0.4, -0.2) is 30.9 Å². The minimum atomic E-state index is -3.83. The number of amides is 1. The van der Waals surface area contributed by atoms with Crippen LogP contribution < -0.4 is 0 Å². The summed E-state index contributed by atoms with van der Waals surface area (Å²) in [7, 11) is -3.83. The molecule has 0 aliphatic carbocycles. The molecule has 1 amide bonds. The summed E-state index contributed by atoms with van der Waals surface area (Å²) in [5.74, 6) is -0.270. The lowest BCUT2D eigenvalue weighted by atomic mass is 10.3. The van der Waals surface area contributed by atoms with Crippen molar-refractivity contribution in [2.75, 3.05) is 6.54 Å².